The van der Waals surface area contributed by atoms with Gasteiger partial charge < -0.3 is 10.5 Å². The quantitative estimate of drug-likeness (QED) is 0.837. The molecule has 1 heterocycles. The molecule has 1 aromatic carbocycles. The number of benzene rings is 1. The topological polar surface area (TPSA) is 53.1 Å². The van der Waals surface area contributed by atoms with Crippen molar-refractivity contribution in [3.05, 3.63) is 48.0 Å². The van der Waals surface area contributed by atoms with Gasteiger partial charge in [-0.25, -0.2) is 4.39 Å². The molecule has 0 aliphatic carbocycles. The maximum atomic E-state index is 13.6. The third-order valence-electron chi connectivity index (χ3n) is 2.35. The summed E-state index contributed by atoms with van der Waals surface area (Å²) in [7, 11) is 0. The molecule has 0 amide bonds. The summed E-state index contributed by atoms with van der Waals surface area (Å²) in [5, 5.41) is 4.02. The number of halogens is 1. The maximum absolute atomic E-state index is 13.6. The van der Waals surface area contributed by atoms with Crippen molar-refractivity contribution in [2.24, 2.45) is 5.73 Å². The van der Waals surface area contributed by atoms with Crippen LogP contribution in [-0.4, -0.2) is 21.4 Å². The summed E-state index contributed by atoms with van der Waals surface area (Å²) in [6.07, 6.45) is 3.49. The average molecular weight is 265 g/mol. The second-order valence-corrected chi connectivity index (χ2v) is 4.07. The Kier molecular flexibility index (Phi) is 3.88. The van der Waals surface area contributed by atoms with Gasteiger partial charge >= 0.3 is 0 Å². The van der Waals surface area contributed by atoms with Crippen molar-refractivity contribution >= 4 is 17.2 Å². The minimum absolute atomic E-state index is 0.164. The van der Waals surface area contributed by atoms with E-state index in [9.17, 15) is 4.39 Å². The van der Waals surface area contributed by atoms with Crippen molar-refractivity contribution in [1.82, 2.24) is 9.78 Å². The molecule has 0 unspecified atom stereocenters. The van der Waals surface area contributed by atoms with E-state index in [2.05, 4.69) is 5.10 Å². The molecule has 0 aliphatic heterocycles. The number of hydrogen-bond donors (Lipinski definition) is 1. The van der Waals surface area contributed by atoms with Crippen molar-refractivity contribution in [1.29, 1.82) is 0 Å². The summed E-state index contributed by atoms with van der Waals surface area (Å²) in [5.41, 5.74) is 5.90. The third-order valence-corrected chi connectivity index (χ3v) is 2.59. The Balaban J connectivity index is 1.95. The van der Waals surface area contributed by atoms with Gasteiger partial charge in [-0.1, -0.05) is 12.2 Å². The average Bonchev–Trinajstić information content (AvgIpc) is 2.84. The number of nitrogens with zero attached hydrogens (tertiary/aromatic N) is 2. The monoisotopic (exact) mass is 265 g/mol. The van der Waals surface area contributed by atoms with Gasteiger partial charge in [-0.15, -0.1) is 0 Å². The number of nitrogens with two attached hydrogens (primary N) is 1. The summed E-state index contributed by atoms with van der Waals surface area (Å²) in [5.74, 6) is -0.289. The van der Waals surface area contributed by atoms with Crippen LogP contribution in [0, 0.1) is 5.82 Å². The lowest BCUT2D eigenvalue weighted by Crippen LogP contribution is -2.11. The van der Waals surface area contributed by atoms with Crippen molar-refractivity contribution < 1.29 is 9.13 Å². The van der Waals surface area contributed by atoms with E-state index in [1.807, 2.05) is 12.3 Å². The molecule has 2 N–H and O–H groups in total. The van der Waals surface area contributed by atoms with Gasteiger partial charge in [0.2, 0.25) is 0 Å². The molecular weight excluding hydrogens is 253 g/mol. The Hall–Kier alpha value is -1.95. The minimum Gasteiger partial charge on any atom is -0.489 e. The van der Waals surface area contributed by atoms with Crippen molar-refractivity contribution in [2.45, 2.75) is 6.54 Å². The molecule has 0 radical (unpaired) electrons. The molecular formula is C12H12FN3OS. The highest BCUT2D eigenvalue weighted by molar-refractivity contribution is 7.80. The Morgan fingerprint density at radius 1 is 1.50 bits per heavy atom. The zero-order valence-electron chi connectivity index (χ0n) is 9.54. The molecule has 6 heteroatoms. The first kappa shape index (κ1) is 12.5. The van der Waals surface area contributed by atoms with Crippen LogP contribution in [-0.2, 0) is 6.54 Å². The van der Waals surface area contributed by atoms with Crippen LogP contribution in [0.1, 0.15) is 5.56 Å². The first-order valence-electron chi connectivity index (χ1n) is 5.36. The van der Waals surface area contributed by atoms with Crippen molar-refractivity contribution in [3.8, 4) is 5.75 Å². The lowest BCUT2D eigenvalue weighted by atomic mass is 10.2. The lowest BCUT2D eigenvalue weighted by Gasteiger charge is -2.08. The standard InChI is InChI=1S/C12H12FN3OS/c13-10-8-9(12(14)18)2-3-11(10)17-7-6-16-5-1-4-15-16/h1-5,8H,6-7H2,(H2,14,18). The molecule has 0 atom stereocenters. The largest absolute Gasteiger partial charge is 0.489 e. The molecule has 0 saturated heterocycles. The van der Waals surface area contributed by atoms with Gasteiger partial charge in [0.05, 0.1) is 6.54 Å². The van der Waals surface area contributed by atoms with Crippen LogP contribution in [0.5, 0.6) is 5.75 Å². The fraction of sp³-hybridized carbons (Fsp3) is 0.167. The summed E-state index contributed by atoms with van der Waals surface area (Å²) in [6.45, 7) is 0.897. The molecule has 0 fully saturated rings. The molecule has 0 aliphatic rings. The van der Waals surface area contributed by atoms with Gasteiger partial charge in [0, 0.05) is 18.0 Å². The number of ether oxygens (including phenoxy) is 1. The minimum atomic E-state index is -0.472. The highest BCUT2D eigenvalue weighted by atomic mass is 32.1. The van der Waals surface area contributed by atoms with Gasteiger partial charge in [-0.3, -0.25) is 4.68 Å². The second-order valence-electron chi connectivity index (χ2n) is 3.63. The van der Waals surface area contributed by atoms with Gasteiger partial charge in [0.25, 0.3) is 0 Å². The summed E-state index contributed by atoms with van der Waals surface area (Å²) < 4.78 is 20.6. The van der Waals surface area contributed by atoms with E-state index in [1.54, 1.807) is 16.9 Å². The predicted octanol–water partition coefficient (Wildman–Crippen LogP) is 1.74. The highest BCUT2D eigenvalue weighted by Crippen LogP contribution is 2.18. The van der Waals surface area contributed by atoms with Crippen LogP contribution < -0.4 is 10.5 Å². The fourth-order valence-electron chi connectivity index (χ4n) is 1.45. The first-order chi connectivity index (χ1) is 8.66. The van der Waals surface area contributed by atoms with Crippen LogP contribution >= 0.6 is 12.2 Å². The van der Waals surface area contributed by atoms with Crippen molar-refractivity contribution in [2.75, 3.05) is 6.61 Å². The number of thiocarbonyl (C=S) groups is 1. The lowest BCUT2D eigenvalue weighted by molar-refractivity contribution is 0.278. The summed E-state index contributed by atoms with van der Waals surface area (Å²) in [6, 6.07) is 6.24. The van der Waals surface area contributed by atoms with Crippen LogP contribution in [0.2, 0.25) is 0 Å². The number of aromatic nitrogens is 2. The van der Waals surface area contributed by atoms with Gasteiger partial charge in [0.15, 0.2) is 11.6 Å². The van der Waals surface area contributed by atoms with Gasteiger partial charge in [-0.2, -0.15) is 5.10 Å². The molecule has 4 nitrogen and oxygen atoms in total. The van der Waals surface area contributed by atoms with E-state index < -0.39 is 5.82 Å². The van der Waals surface area contributed by atoms with E-state index in [0.717, 1.165) is 0 Å². The number of hydrogen-bond acceptors (Lipinski definition) is 3. The Morgan fingerprint density at radius 2 is 2.33 bits per heavy atom. The smallest absolute Gasteiger partial charge is 0.165 e. The van der Waals surface area contributed by atoms with Crippen LogP contribution in [0.15, 0.2) is 36.7 Å². The zero-order chi connectivity index (χ0) is 13.0. The summed E-state index contributed by atoms with van der Waals surface area (Å²) >= 11 is 4.77. The Morgan fingerprint density at radius 3 is 2.94 bits per heavy atom. The first-order valence-corrected chi connectivity index (χ1v) is 5.77. The van der Waals surface area contributed by atoms with E-state index in [-0.39, 0.29) is 10.7 Å². The third kappa shape index (κ3) is 3.04. The van der Waals surface area contributed by atoms with E-state index in [0.29, 0.717) is 18.7 Å². The SMILES string of the molecule is NC(=S)c1ccc(OCCn2cccn2)c(F)c1. The maximum Gasteiger partial charge on any atom is 0.165 e. The number of rotatable bonds is 5. The van der Waals surface area contributed by atoms with E-state index in [1.165, 1.54) is 12.1 Å². The molecule has 18 heavy (non-hydrogen) atoms. The molecule has 1 aromatic heterocycles. The molecule has 2 rings (SSSR count). The molecule has 0 spiro atoms. The summed E-state index contributed by atoms with van der Waals surface area (Å²) in [4.78, 5) is 0.164. The molecule has 94 valence electrons. The van der Waals surface area contributed by atoms with Gasteiger partial charge in [-0.05, 0) is 24.3 Å². The highest BCUT2D eigenvalue weighted by Gasteiger charge is 2.06. The van der Waals surface area contributed by atoms with Crippen LogP contribution in [0.25, 0.3) is 0 Å². The molecule has 2 aromatic rings. The second kappa shape index (κ2) is 5.59. The fourth-order valence-corrected chi connectivity index (χ4v) is 1.58. The van der Waals surface area contributed by atoms with E-state index in [4.69, 9.17) is 22.7 Å². The Labute approximate surface area is 109 Å². The Bertz CT molecular complexity index is 542. The van der Waals surface area contributed by atoms with Crippen molar-refractivity contribution in [3.63, 3.8) is 0 Å². The zero-order valence-corrected chi connectivity index (χ0v) is 10.4. The predicted molar refractivity (Wildman–Crippen MR) is 70.0 cm³/mol. The van der Waals surface area contributed by atoms with E-state index >= 15 is 0 Å². The molecule has 0 saturated carbocycles. The normalized spacial score (nSPS) is 10.3. The van der Waals surface area contributed by atoms with Crippen LogP contribution in [0.4, 0.5) is 4.39 Å². The van der Waals surface area contributed by atoms with Gasteiger partial charge in [0.1, 0.15) is 11.6 Å². The van der Waals surface area contributed by atoms with Crippen LogP contribution in [0.3, 0.4) is 0 Å². The molecule has 0 bridgehead atoms.